The van der Waals surface area contributed by atoms with Crippen LogP contribution >= 0.6 is 0 Å². The minimum atomic E-state index is -0.990. The predicted octanol–water partition coefficient (Wildman–Crippen LogP) is -1.75. The fraction of sp³-hybridized carbons (Fsp3) is 0.850. The van der Waals surface area contributed by atoms with Crippen molar-refractivity contribution < 1.29 is 39.5 Å². The normalized spacial score (nSPS) is 19.9. The van der Waals surface area contributed by atoms with Crippen LogP contribution in [0.4, 0.5) is 0 Å². The van der Waals surface area contributed by atoms with E-state index >= 15 is 0 Å². The van der Waals surface area contributed by atoms with Gasteiger partial charge in [-0.25, -0.2) is 0 Å². The summed E-state index contributed by atoms with van der Waals surface area (Å²) in [5.74, 6) is -2.92. The Hall–Kier alpha value is -1.83. The number of hydrogen-bond acceptors (Lipinski definition) is 9. The van der Waals surface area contributed by atoms with Crippen LogP contribution in [0, 0.1) is 0 Å². The number of aliphatic carboxylic acids is 3. The molecule has 0 aliphatic carbocycles. The molecule has 0 aromatic rings. The summed E-state index contributed by atoms with van der Waals surface area (Å²) in [7, 11) is 0. The number of rotatable bonds is 11. The Balaban J connectivity index is 2.90. The molecule has 0 aromatic heterocycles. The van der Waals surface area contributed by atoms with E-state index in [0.29, 0.717) is 58.9 Å². The van der Waals surface area contributed by atoms with Crippen LogP contribution in [0.25, 0.3) is 0 Å². The zero-order valence-electron chi connectivity index (χ0n) is 19.1. The van der Waals surface area contributed by atoms with Gasteiger partial charge in [0.15, 0.2) is 0 Å². The summed E-state index contributed by atoms with van der Waals surface area (Å²) in [4.78, 5) is 40.9. The van der Waals surface area contributed by atoms with Crippen molar-refractivity contribution in [2.45, 2.75) is 26.1 Å². The molecule has 0 spiro atoms. The Bertz CT molecular complexity index is 560. The first kappa shape index (κ1) is 28.2. The molecule has 0 radical (unpaired) electrons. The lowest BCUT2D eigenvalue weighted by molar-refractivity contribution is -0.140. The number of carbonyl (C=O) groups is 3. The number of aliphatic hydroxyl groups is 1. The SMILES string of the molecule is CC(C)OCC(O)CN1CCN(CC(=O)O)CCN(CC(=O)O)CCN(CC(=O)O)CC1. The summed E-state index contributed by atoms with van der Waals surface area (Å²) in [6.45, 7) is 6.96. The fourth-order valence-electron chi connectivity index (χ4n) is 3.46. The number of carboxylic acid groups (broad SMARTS) is 3. The highest BCUT2D eigenvalue weighted by molar-refractivity contribution is 5.69. The Morgan fingerprint density at radius 2 is 1.00 bits per heavy atom. The number of aliphatic hydroxyl groups excluding tert-OH is 1. The van der Waals surface area contributed by atoms with E-state index in [-0.39, 0.29) is 32.3 Å². The molecule has 0 amide bonds. The summed E-state index contributed by atoms with van der Waals surface area (Å²) in [5.41, 5.74) is 0. The average molecular weight is 463 g/mol. The monoisotopic (exact) mass is 462 g/mol. The van der Waals surface area contributed by atoms with Crippen molar-refractivity contribution >= 4 is 17.9 Å². The highest BCUT2D eigenvalue weighted by Gasteiger charge is 2.21. The summed E-state index contributed by atoms with van der Waals surface area (Å²) < 4.78 is 5.47. The molecule has 1 unspecified atom stereocenters. The molecule has 4 N–H and O–H groups in total. The van der Waals surface area contributed by atoms with Crippen LogP contribution < -0.4 is 0 Å². The Morgan fingerprint density at radius 1 is 0.688 bits per heavy atom. The smallest absolute Gasteiger partial charge is 0.317 e. The van der Waals surface area contributed by atoms with Gasteiger partial charge >= 0.3 is 17.9 Å². The lowest BCUT2D eigenvalue weighted by atomic mass is 10.3. The molecule has 12 heteroatoms. The van der Waals surface area contributed by atoms with Gasteiger partial charge in [-0.05, 0) is 13.8 Å². The average Bonchev–Trinajstić information content (AvgIpc) is 2.67. The van der Waals surface area contributed by atoms with Gasteiger partial charge in [0.2, 0.25) is 0 Å². The van der Waals surface area contributed by atoms with E-state index in [1.807, 2.05) is 18.7 Å². The van der Waals surface area contributed by atoms with E-state index in [1.165, 1.54) is 0 Å². The maximum Gasteiger partial charge on any atom is 0.317 e. The van der Waals surface area contributed by atoms with Gasteiger partial charge in [0.25, 0.3) is 0 Å². The first-order valence-corrected chi connectivity index (χ1v) is 10.9. The van der Waals surface area contributed by atoms with E-state index in [4.69, 9.17) is 4.74 Å². The van der Waals surface area contributed by atoms with Crippen molar-refractivity contribution in [3.8, 4) is 0 Å². The third kappa shape index (κ3) is 13.6. The van der Waals surface area contributed by atoms with Gasteiger partial charge in [0.1, 0.15) is 0 Å². The van der Waals surface area contributed by atoms with Crippen molar-refractivity contribution in [2.24, 2.45) is 0 Å². The lowest BCUT2D eigenvalue weighted by Crippen LogP contribution is -2.49. The molecule has 1 atom stereocenters. The second-order valence-electron chi connectivity index (χ2n) is 8.35. The van der Waals surface area contributed by atoms with Crippen LogP contribution in [0.3, 0.4) is 0 Å². The minimum absolute atomic E-state index is 0.0122. The Kier molecular flexibility index (Phi) is 13.3. The molecule has 1 aliphatic heterocycles. The van der Waals surface area contributed by atoms with E-state index in [9.17, 15) is 34.8 Å². The maximum atomic E-state index is 11.3. The lowest BCUT2D eigenvalue weighted by Gasteiger charge is -2.33. The first-order chi connectivity index (χ1) is 15.0. The second-order valence-corrected chi connectivity index (χ2v) is 8.35. The van der Waals surface area contributed by atoms with Crippen LogP contribution in [-0.4, -0.2) is 155 Å². The van der Waals surface area contributed by atoms with Gasteiger partial charge in [-0.2, -0.15) is 0 Å². The van der Waals surface area contributed by atoms with Crippen molar-refractivity contribution in [3.63, 3.8) is 0 Å². The summed E-state index contributed by atoms with van der Waals surface area (Å²) in [5, 5.41) is 38.0. The summed E-state index contributed by atoms with van der Waals surface area (Å²) in [6.07, 6.45) is -0.737. The van der Waals surface area contributed by atoms with Crippen LogP contribution in [0.15, 0.2) is 0 Å². The van der Waals surface area contributed by atoms with E-state index in [2.05, 4.69) is 0 Å². The molecule has 1 fully saturated rings. The number of nitrogens with zero attached hydrogens (tertiary/aromatic N) is 4. The van der Waals surface area contributed by atoms with Gasteiger partial charge in [-0.1, -0.05) is 0 Å². The largest absolute Gasteiger partial charge is 0.480 e. The molecule has 0 bridgehead atoms. The molecule has 1 heterocycles. The maximum absolute atomic E-state index is 11.3. The molecular formula is C20H38N4O8. The van der Waals surface area contributed by atoms with Crippen molar-refractivity contribution in [1.29, 1.82) is 0 Å². The van der Waals surface area contributed by atoms with Crippen LogP contribution in [-0.2, 0) is 19.1 Å². The van der Waals surface area contributed by atoms with E-state index in [0.717, 1.165) is 0 Å². The molecule has 32 heavy (non-hydrogen) atoms. The van der Waals surface area contributed by atoms with Gasteiger partial charge in [0, 0.05) is 58.9 Å². The molecule has 1 saturated heterocycles. The quantitative estimate of drug-likeness (QED) is 0.275. The number of ether oxygens (including phenoxy) is 1. The van der Waals surface area contributed by atoms with E-state index in [1.54, 1.807) is 14.7 Å². The van der Waals surface area contributed by atoms with Crippen molar-refractivity contribution in [2.75, 3.05) is 85.1 Å². The standard InChI is InChI=1S/C20H38N4O8/c1-16(2)32-15-17(25)11-21-3-5-22(12-18(26)27)7-9-24(14-20(30)31)10-8-23(6-4-21)13-19(28)29/h16-17,25H,3-15H2,1-2H3,(H,26,27)(H,28,29)(H,30,31). The van der Waals surface area contributed by atoms with Crippen molar-refractivity contribution in [1.82, 2.24) is 19.6 Å². The van der Waals surface area contributed by atoms with Crippen LogP contribution in [0.2, 0.25) is 0 Å². The highest BCUT2D eigenvalue weighted by atomic mass is 16.5. The predicted molar refractivity (Wildman–Crippen MR) is 116 cm³/mol. The Morgan fingerprint density at radius 3 is 1.28 bits per heavy atom. The second kappa shape index (κ2) is 15.1. The molecule has 186 valence electrons. The number of β-amino-alcohol motifs (C(OH)–C–C–N with tert-alkyl or cyclic N) is 1. The van der Waals surface area contributed by atoms with Crippen LogP contribution in [0.1, 0.15) is 13.8 Å². The molecular weight excluding hydrogens is 424 g/mol. The summed E-state index contributed by atoms with van der Waals surface area (Å²) >= 11 is 0. The van der Waals surface area contributed by atoms with E-state index < -0.39 is 24.0 Å². The highest BCUT2D eigenvalue weighted by Crippen LogP contribution is 2.03. The molecule has 1 aliphatic rings. The van der Waals surface area contributed by atoms with Gasteiger partial charge in [0.05, 0.1) is 38.4 Å². The molecule has 0 aromatic carbocycles. The van der Waals surface area contributed by atoms with Gasteiger partial charge in [-0.15, -0.1) is 0 Å². The first-order valence-electron chi connectivity index (χ1n) is 10.9. The topological polar surface area (TPSA) is 154 Å². The minimum Gasteiger partial charge on any atom is -0.480 e. The zero-order valence-corrected chi connectivity index (χ0v) is 19.1. The third-order valence-electron chi connectivity index (χ3n) is 5.10. The van der Waals surface area contributed by atoms with Gasteiger partial charge in [-0.3, -0.25) is 34.0 Å². The van der Waals surface area contributed by atoms with Crippen molar-refractivity contribution in [3.05, 3.63) is 0 Å². The molecule has 12 nitrogen and oxygen atoms in total. The van der Waals surface area contributed by atoms with Crippen LogP contribution in [0.5, 0.6) is 0 Å². The number of hydrogen-bond donors (Lipinski definition) is 4. The number of carboxylic acids is 3. The Labute approximate surface area is 188 Å². The summed E-state index contributed by atoms with van der Waals surface area (Å²) in [6, 6.07) is 0. The molecule has 1 rings (SSSR count). The zero-order chi connectivity index (χ0) is 24.1. The third-order valence-corrected chi connectivity index (χ3v) is 5.10. The fourth-order valence-corrected chi connectivity index (χ4v) is 3.46. The molecule has 0 saturated carbocycles. The van der Waals surface area contributed by atoms with Gasteiger partial charge < -0.3 is 25.2 Å².